The maximum atomic E-state index is 5.89. The topological polar surface area (TPSA) is 56.7 Å². The Bertz CT molecular complexity index is 459. The van der Waals surface area contributed by atoms with E-state index in [-0.39, 0.29) is 0 Å². The number of rotatable bonds is 1. The van der Waals surface area contributed by atoms with E-state index in [9.17, 15) is 0 Å². The molecule has 2 N–H and O–H groups in total. The van der Waals surface area contributed by atoms with E-state index >= 15 is 0 Å². The van der Waals surface area contributed by atoms with Crippen LogP contribution in [0.5, 0.6) is 0 Å². The molecular formula is C10H12N4. The second kappa shape index (κ2) is 3.14. The first-order chi connectivity index (χ1) is 6.68. The van der Waals surface area contributed by atoms with E-state index in [0.717, 1.165) is 17.0 Å². The molecule has 4 nitrogen and oxygen atoms in total. The highest BCUT2D eigenvalue weighted by molar-refractivity contribution is 5.73. The zero-order chi connectivity index (χ0) is 10.1. The molecule has 0 aliphatic rings. The van der Waals surface area contributed by atoms with Crippen molar-refractivity contribution in [1.29, 1.82) is 0 Å². The lowest BCUT2D eigenvalue weighted by Crippen LogP contribution is -1.98. The average Bonchev–Trinajstić information content (AvgIpc) is 2.57. The van der Waals surface area contributed by atoms with E-state index in [1.54, 1.807) is 0 Å². The van der Waals surface area contributed by atoms with Gasteiger partial charge in [-0.05, 0) is 13.0 Å². The van der Waals surface area contributed by atoms with Gasteiger partial charge >= 0.3 is 0 Å². The van der Waals surface area contributed by atoms with Crippen LogP contribution in [0.25, 0.3) is 11.3 Å². The molecule has 0 fully saturated rings. The van der Waals surface area contributed by atoms with E-state index in [2.05, 4.69) is 9.97 Å². The highest BCUT2D eigenvalue weighted by Crippen LogP contribution is 2.24. The molecular weight excluding hydrogens is 176 g/mol. The van der Waals surface area contributed by atoms with Crippen LogP contribution in [0.3, 0.4) is 0 Å². The Hall–Kier alpha value is -1.84. The highest BCUT2D eigenvalue weighted by Gasteiger charge is 2.07. The largest absolute Gasteiger partial charge is 0.395 e. The second-order valence-corrected chi connectivity index (χ2v) is 3.29. The van der Waals surface area contributed by atoms with Crippen molar-refractivity contribution in [3.05, 3.63) is 30.5 Å². The minimum atomic E-state index is 0.652. The molecule has 0 aliphatic carbocycles. The van der Waals surface area contributed by atoms with Gasteiger partial charge < -0.3 is 10.3 Å². The van der Waals surface area contributed by atoms with Gasteiger partial charge in [0, 0.05) is 25.0 Å². The van der Waals surface area contributed by atoms with Crippen molar-refractivity contribution in [2.45, 2.75) is 6.92 Å². The fraction of sp³-hybridized carbons (Fsp3) is 0.200. The van der Waals surface area contributed by atoms with E-state index in [1.165, 1.54) is 6.33 Å². The fourth-order valence-corrected chi connectivity index (χ4v) is 1.36. The van der Waals surface area contributed by atoms with Crippen LogP contribution < -0.4 is 5.73 Å². The lowest BCUT2D eigenvalue weighted by atomic mass is 10.2. The number of aryl methyl sites for hydroxylation is 2. The van der Waals surface area contributed by atoms with Gasteiger partial charge in [-0.2, -0.15) is 0 Å². The third-order valence-corrected chi connectivity index (χ3v) is 2.19. The summed E-state index contributed by atoms with van der Waals surface area (Å²) in [5.41, 5.74) is 9.19. The number of hydrogen-bond acceptors (Lipinski definition) is 3. The summed E-state index contributed by atoms with van der Waals surface area (Å²) in [5.74, 6) is 0. The summed E-state index contributed by atoms with van der Waals surface area (Å²) in [4.78, 5) is 8.20. The van der Waals surface area contributed by atoms with Gasteiger partial charge in [0.1, 0.15) is 6.33 Å². The van der Waals surface area contributed by atoms with Gasteiger partial charge in [-0.15, -0.1) is 0 Å². The number of aromatic nitrogens is 3. The van der Waals surface area contributed by atoms with Gasteiger partial charge in [0.2, 0.25) is 0 Å². The van der Waals surface area contributed by atoms with Gasteiger partial charge in [0.05, 0.1) is 17.1 Å². The summed E-state index contributed by atoms with van der Waals surface area (Å²) in [5, 5.41) is 0. The Kier molecular flexibility index (Phi) is 1.96. The summed E-state index contributed by atoms with van der Waals surface area (Å²) in [7, 11) is 1.97. The number of nitrogens with zero attached hydrogens (tertiary/aromatic N) is 3. The summed E-state index contributed by atoms with van der Waals surface area (Å²) in [6.07, 6.45) is 5.48. The van der Waals surface area contributed by atoms with E-state index < -0.39 is 0 Å². The van der Waals surface area contributed by atoms with Crippen LogP contribution in [-0.2, 0) is 7.05 Å². The molecule has 2 heterocycles. The third kappa shape index (κ3) is 1.35. The lowest BCUT2D eigenvalue weighted by Gasteiger charge is -2.03. The molecule has 2 aromatic rings. The zero-order valence-corrected chi connectivity index (χ0v) is 8.23. The molecule has 14 heavy (non-hydrogen) atoms. The molecule has 0 amide bonds. The molecule has 0 unspecified atom stereocenters. The van der Waals surface area contributed by atoms with Gasteiger partial charge in [-0.25, -0.2) is 9.97 Å². The van der Waals surface area contributed by atoms with Gasteiger partial charge in [0.25, 0.3) is 0 Å². The summed E-state index contributed by atoms with van der Waals surface area (Å²) < 4.78 is 1.96. The lowest BCUT2D eigenvalue weighted by molar-refractivity contribution is 0.928. The smallest absolute Gasteiger partial charge is 0.116 e. The van der Waals surface area contributed by atoms with Crippen molar-refractivity contribution in [1.82, 2.24) is 14.5 Å². The van der Waals surface area contributed by atoms with Crippen molar-refractivity contribution >= 4 is 5.69 Å². The maximum absolute atomic E-state index is 5.89. The van der Waals surface area contributed by atoms with E-state index in [1.807, 2.05) is 37.0 Å². The highest BCUT2D eigenvalue weighted by atomic mass is 14.9. The molecule has 2 aromatic heterocycles. The number of anilines is 1. The molecule has 4 heteroatoms. The second-order valence-electron chi connectivity index (χ2n) is 3.29. The number of nitrogens with two attached hydrogens (primary N) is 1. The van der Waals surface area contributed by atoms with Crippen LogP contribution >= 0.6 is 0 Å². The fourth-order valence-electron chi connectivity index (χ4n) is 1.36. The SMILES string of the molecule is Cc1ncnc(-c2ccn(C)c2)c1N. The van der Waals surface area contributed by atoms with Crippen molar-refractivity contribution in [3.63, 3.8) is 0 Å². The predicted molar refractivity (Wildman–Crippen MR) is 55.6 cm³/mol. The van der Waals surface area contributed by atoms with Crippen molar-refractivity contribution in [2.75, 3.05) is 5.73 Å². The zero-order valence-electron chi connectivity index (χ0n) is 8.23. The van der Waals surface area contributed by atoms with Gasteiger partial charge in [0.15, 0.2) is 0 Å². The summed E-state index contributed by atoms with van der Waals surface area (Å²) in [6, 6.07) is 1.98. The van der Waals surface area contributed by atoms with Crippen molar-refractivity contribution in [2.24, 2.45) is 7.05 Å². The molecule has 0 bridgehead atoms. The van der Waals surface area contributed by atoms with Crippen LogP contribution in [0.15, 0.2) is 24.8 Å². The molecule has 0 aromatic carbocycles. The molecule has 0 aliphatic heterocycles. The van der Waals surface area contributed by atoms with Crippen molar-refractivity contribution in [3.8, 4) is 11.3 Å². The van der Waals surface area contributed by atoms with E-state index in [0.29, 0.717) is 5.69 Å². The standard InChI is InChI=1S/C10H12N4/c1-7-9(11)10(13-6-12-7)8-3-4-14(2)5-8/h3-6H,11H2,1-2H3. The van der Waals surface area contributed by atoms with Crippen LogP contribution in [-0.4, -0.2) is 14.5 Å². The number of nitrogen functional groups attached to an aromatic ring is 1. The predicted octanol–water partition coefficient (Wildman–Crippen LogP) is 1.37. The van der Waals surface area contributed by atoms with Crippen LogP contribution in [0, 0.1) is 6.92 Å². The molecule has 0 saturated heterocycles. The Balaban J connectivity index is 2.57. The van der Waals surface area contributed by atoms with E-state index in [4.69, 9.17) is 5.73 Å². The molecule has 0 radical (unpaired) electrons. The molecule has 2 rings (SSSR count). The minimum absolute atomic E-state index is 0.652. The Morgan fingerprint density at radius 3 is 2.79 bits per heavy atom. The van der Waals surface area contributed by atoms with Crippen molar-refractivity contribution < 1.29 is 0 Å². The molecule has 0 saturated carbocycles. The number of hydrogen-bond donors (Lipinski definition) is 1. The molecule has 0 atom stereocenters. The van der Waals surface area contributed by atoms with Crippen LogP contribution in [0.4, 0.5) is 5.69 Å². The first kappa shape index (κ1) is 8.74. The quantitative estimate of drug-likeness (QED) is 0.735. The Morgan fingerprint density at radius 2 is 2.14 bits per heavy atom. The monoisotopic (exact) mass is 188 g/mol. The van der Waals surface area contributed by atoms with Gasteiger partial charge in [-0.1, -0.05) is 0 Å². The van der Waals surface area contributed by atoms with Gasteiger partial charge in [-0.3, -0.25) is 0 Å². The minimum Gasteiger partial charge on any atom is -0.395 e. The van der Waals surface area contributed by atoms with Crippen LogP contribution in [0.2, 0.25) is 0 Å². The normalized spacial score (nSPS) is 10.4. The van der Waals surface area contributed by atoms with Crippen LogP contribution in [0.1, 0.15) is 5.69 Å². The maximum Gasteiger partial charge on any atom is 0.116 e. The first-order valence-corrected chi connectivity index (χ1v) is 4.38. The third-order valence-electron chi connectivity index (χ3n) is 2.19. The molecule has 0 spiro atoms. The Morgan fingerprint density at radius 1 is 1.36 bits per heavy atom. The Labute approximate surface area is 82.4 Å². The first-order valence-electron chi connectivity index (χ1n) is 4.38. The molecule has 72 valence electrons. The average molecular weight is 188 g/mol. The summed E-state index contributed by atoms with van der Waals surface area (Å²) >= 11 is 0. The summed E-state index contributed by atoms with van der Waals surface area (Å²) in [6.45, 7) is 1.88.